The number of rotatable bonds is 10. The minimum Gasteiger partial charge on any atom is -0.207 e. The zero-order chi connectivity index (χ0) is 21.0. The summed E-state index contributed by atoms with van der Waals surface area (Å²) < 4.78 is 27.5. The average Bonchev–Trinajstić information content (AvgIpc) is 2.61. The predicted molar refractivity (Wildman–Crippen MR) is 122 cm³/mol. The van der Waals surface area contributed by atoms with Gasteiger partial charge in [-0.2, -0.15) is 4.31 Å². The molecular formula is C23H35NO2SSi. The molecule has 1 aromatic rings. The Labute approximate surface area is 173 Å². The first kappa shape index (κ1) is 24.5. The van der Waals surface area contributed by atoms with Crippen LogP contribution in [-0.2, 0) is 10.0 Å². The molecule has 1 rings (SSSR count). The number of unbranched alkanes of at least 4 members (excludes halogenated alkanes) is 4. The lowest BCUT2D eigenvalue weighted by Crippen LogP contribution is -2.32. The van der Waals surface area contributed by atoms with Gasteiger partial charge in [-0.15, -0.1) is 11.3 Å². The third-order valence-corrected chi connectivity index (χ3v) is 6.86. The second-order valence-electron chi connectivity index (χ2n) is 8.09. The molecule has 0 unspecified atom stereocenters. The minimum absolute atomic E-state index is 0.204. The Bertz CT molecular complexity index is 818. The molecule has 0 amide bonds. The van der Waals surface area contributed by atoms with Crippen LogP contribution >= 0.6 is 0 Å². The summed E-state index contributed by atoms with van der Waals surface area (Å²) >= 11 is 0. The van der Waals surface area contributed by atoms with Crippen molar-refractivity contribution in [3.05, 3.63) is 47.7 Å². The Hall–Kier alpha value is -1.57. The van der Waals surface area contributed by atoms with Crippen LogP contribution in [0.25, 0.3) is 0 Å². The summed E-state index contributed by atoms with van der Waals surface area (Å²) in [4.78, 5) is 0.310. The van der Waals surface area contributed by atoms with Crippen molar-refractivity contribution >= 4 is 18.1 Å². The molecular weight excluding hydrogens is 382 g/mol. The number of sulfonamides is 1. The SMILES string of the molecule is CCCCCCC=C=CCN(CC#C[Si](C)(C)C)S(=O)(=O)c1ccc(C)cc1. The van der Waals surface area contributed by atoms with Crippen LogP contribution in [-0.4, -0.2) is 33.9 Å². The largest absolute Gasteiger partial charge is 0.244 e. The second-order valence-corrected chi connectivity index (χ2v) is 14.8. The summed E-state index contributed by atoms with van der Waals surface area (Å²) in [7, 11) is -5.12. The van der Waals surface area contributed by atoms with Crippen molar-refractivity contribution in [1.82, 2.24) is 4.31 Å². The van der Waals surface area contributed by atoms with E-state index in [9.17, 15) is 8.42 Å². The van der Waals surface area contributed by atoms with Gasteiger partial charge in [0.2, 0.25) is 10.0 Å². The average molecular weight is 418 g/mol. The van der Waals surface area contributed by atoms with E-state index in [0.717, 1.165) is 18.4 Å². The second kappa shape index (κ2) is 12.1. The van der Waals surface area contributed by atoms with Gasteiger partial charge >= 0.3 is 0 Å². The fraction of sp³-hybridized carbons (Fsp3) is 0.522. The molecule has 0 fully saturated rings. The Morgan fingerprint density at radius 3 is 2.32 bits per heavy atom. The van der Waals surface area contributed by atoms with Crippen molar-refractivity contribution in [1.29, 1.82) is 0 Å². The first-order chi connectivity index (χ1) is 13.2. The van der Waals surface area contributed by atoms with Gasteiger partial charge in [0.25, 0.3) is 0 Å². The van der Waals surface area contributed by atoms with Gasteiger partial charge in [-0.3, -0.25) is 0 Å². The van der Waals surface area contributed by atoms with Gasteiger partial charge in [0.15, 0.2) is 0 Å². The van der Waals surface area contributed by atoms with Crippen molar-refractivity contribution in [2.75, 3.05) is 13.1 Å². The van der Waals surface area contributed by atoms with E-state index in [1.165, 1.54) is 23.6 Å². The zero-order valence-electron chi connectivity index (χ0n) is 18.1. The van der Waals surface area contributed by atoms with E-state index in [0.29, 0.717) is 4.90 Å². The van der Waals surface area contributed by atoms with Crippen LogP contribution in [0.2, 0.25) is 19.6 Å². The quantitative estimate of drug-likeness (QED) is 0.217. The molecule has 28 heavy (non-hydrogen) atoms. The van der Waals surface area contributed by atoms with E-state index < -0.39 is 18.1 Å². The summed E-state index contributed by atoms with van der Waals surface area (Å²) in [6, 6.07) is 6.98. The molecule has 0 N–H and O–H groups in total. The first-order valence-electron chi connectivity index (χ1n) is 10.1. The van der Waals surface area contributed by atoms with Crippen molar-refractivity contribution in [3.8, 4) is 11.5 Å². The lowest BCUT2D eigenvalue weighted by atomic mass is 10.1. The molecule has 0 spiro atoms. The van der Waals surface area contributed by atoms with E-state index in [2.05, 4.69) is 43.8 Å². The van der Waals surface area contributed by atoms with Gasteiger partial charge in [-0.1, -0.05) is 69.4 Å². The van der Waals surface area contributed by atoms with E-state index in [4.69, 9.17) is 0 Å². The Morgan fingerprint density at radius 1 is 1.04 bits per heavy atom. The molecule has 0 aromatic heterocycles. The normalized spacial score (nSPS) is 11.5. The van der Waals surface area contributed by atoms with E-state index in [1.54, 1.807) is 18.2 Å². The van der Waals surface area contributed by atoms with Gasteiger partial charge in [0.05, 0.1) is 11.4 Å². The fourth-order valence-corrected chi connectivity index (χ4v) is 4.39. The van der Waals surface area contributed by atoms with Gasteiger partial charge in [-0.05, 0) is 44.1 Å². The highest BCUT2D eigenvalue weighted by molar-refractivity contribution is 7.89. The summed E-state index contributed by atoms with van der Waals surface area (Å²) in [6.07, 6.45) is 9.65. The first-order valence-corrected chi connectivity index (χ1v) is 15.1. The van der Waals surface area contributed by atoms with Crippen molar-refractivity contribution < 1.29 is 8.42 Å². The Kier molecular flexibility index (Phi) is 10.6. The Morgan fingerprint density at radius 2 is 1.71 bits per heavy atom. The molecule has 0 aliphatic rings. The molecule has 0 saturated carbocycles. The van der Waals surface area contributed by atoms with Crippen LogP contribution in [0.1, 0.15) is 44.6 Å². The van der Waals surface area contributed by atoms with Crippen LogP contribution in [0.15, 0.2) is 47.0 Å². The summed E-state index contributed by atoms with van der Waals surface area (Å²) in [6.45, 7) is 11.1. The van der Waals surface area contributed by atoms with E-state index >= 15 is 0 Å². The number of benzene rings is 1. The Balaban J connectivity index is 2.91. The van der Waals surface area contributed by atoms with Gasteiger partial charge in [0.1, 0.15) is 8.07 Å². The third-order valence-electron chi connectivity index (χ3n) is 4.11. The molecule has 0 bridgehead atoms. The molecule has 0 atom stereocenters. The highest BCUT2D eigenvalue weighted by Crippen LogP contribution is 2.16. The van der Waals surface area contributed by atoms with Gasteiger partial charge < -0.3 is 0 Å². The minimum atomic E-state index is -3.58. The van der Waals surface area contributed by atoms with Crippen LogP contribution < -0.4 is 0 Å². The highest BCUT2D eigenvalue weighted by Gasteiger charge is 2.22. The summed E-state index contributed by atoms with van der Waals surface area (Å²) in [5.41, 5.74) is 7.43. The molecule has 0 heterocycles. The topological polar surface area (TPSA) is 37.4 Å². The smallest absolute Gasteiger partial charge is 0.207 e. The van der Waals surface area contributed by atoms with Gasteiger partial charge in [-0.25, -0.2) is 8.42 Å². The van der Waals surface area contributed by atoms with Gasteiger partial charge in [0, 0.05) is 6.54 Å². The molecule has 0 aliphatic carbocycles. The van der Waals surface area contributed by atoms with E-state index in [-0.39, 0.29) is 13.1 Å². The standard InChI is InChI=1S/C23H35NO2SSi/c1-6-7-8-9-10-11-12-13-19-24(20-14-21-28(3,4)5)27(25,26)23-17-15-22(2)16-18-23/h11,13,15-18H,6-10,19-20H2,1-5H3. The van der Waals surface area contributed by atoms with E-state index in [1.807, 2.05) is 25.1 Å². The summed E-state index contributed by atoms with van der Waals surface area (Å²) in [5.74, 6) is 3.09. The predicted octanol–water partition coefficient (Wildman–Crippen LogP) is 5.55. The molecule has 0 radical (unpaired) electrons. The zero-order valence-corrected chi connectivity index (χ0v) is 19.9. The fourth-order valence-electron chi connectivity index (χ4n) is 2.49. The maximum atomic E-state index is 13.0. The molecule has 0 saturated heterocycles. The monoisotopic (exact) mass is 417 g/mol. The van der Waals surface area contributed by atoms with Crippen LogP contribution in [0.5, 0.6) is 0 Å². The molecule has 3 nitrogen and oxygen atoms in total. The molecule has 5 heteroatoms. The van der Waals surface area contributed by atoms with Crippen molar-refractivity contribution in [3.63, 3.8) is 0 Å². The molecule has 1 aromatic carbocycles. The maximum Gasteiger partial charge on any atom is 0.244 e. The number of hydrogen-bond donors (Lipinski definition) is 0. The molecule has 154 valence electrons. The summed E-state index contributed by atoms with van der Waals surface area (Å²) in [5, 5.41) is 0. The maximum absolute atomic E-state index is 13.0. The molecule has 0 aliphatic heterocycles. The highest BCUT2D eigenvalue weighted by atomic mass is 32.2. The third kappa shape index (κ3) is 9.57. The number of hydrogen-bond acceptors (Lipinski definition) is 2. The van der Waals surface area contributed by atoms with Crippen molar-refractivity contribution in [2.24, 2.45) is 0 Å². The number of aryl methyl sites for hydroxylation is 1. The van der Waals surface area contributed by atoms with Crippen LogP contribution in [0.4, 0.5) is 0 Å². The van der Waals surface area contributed by atoms with Crippen molar-refractivity contribution in [2.45, 2.75) is 70.5 Å². The lowest BCUT2D eigenvalue weighted by Gasteiger charge is -2.18. The number of nitrogens with zero attached hydrogens (tertiary/aromatic N) is 1. The van der Waals surface area contributed by atoms with Crippen LogP contribution in [0.3, 0.4) is 0 Å². The lowest BCUT2D eigenvalue weighted by molar-refractivity contribution is 0.478. The van der Waals surface area contributed by atoms with Crippen LogP contribution in [0, 0.1) is 18.4 Å².